The lowest BCUT2D eigenvalue weighted by atomic mass is 10.1. The number of hydrogen-bond donors (Lipinski definition) is 1. The largest absolute Gasteiger partial charge is 0.481 e. The monoisotopic (exact) mass is 485 g/mol. The van der Waals surface area contributed by atoms with Crippen molar-refractivity contribution in [1.29, 1.82) is 0 Å². The number of nitrogens with one attached hydrogen (secondary N) is 1. The van der Waals surface area contributed by atoms with E-state index in [1.807, 2.05) is 36.4 Å². The van der Waals surface area contributed by atoms with E-state index in [1.165, 1.54) is 7.11 Å². The molecule has 9 heteroatoms. The van der Waals surface area contributed by atoms with Crippen LogP contribution in [0.5, 0.6) is 5.88 Å². The first kappa shape index (κ1) is 23.3. The molecule has 1 saturated heterocycles. The summed E-state index contributed by atoms with van der Waals surface area (Å²) < 4.78 is 5.13. The second kappa shape index (κ2) is 10.1. The Hall–Kier alpha value is -4.40. The van der Waals surface area contributed by atoms with Crippen LogP contribution in [-0.2, 0) is 11.3 Å². The molecule has 0 spiro atoms. The summed E-state index contributed by atoms with van der Waals surface area (Å²) in [4.78, 5) is 48.2. The van der Waals surface area contributed by atoms with Crippen LogP contribution in [0.1, 0.15) is 26.3 Å². The van der Waals surface area contributed by atoms with Crippen molar-refractivity contribution < 1.29 is 19.1 Å². The lowest BCUT2D eigenvalue weighted by Crippen LogP contribution is -2.51. The van der Waals surface area contributed by atoms with Crippen molar-refractivity contribution in [3.05, 3.63) is 83.6 Å². The van der Waals surface area contributed by atoms with Gasteiger partial charge in [-0.3, -0.25) is 14.4 Å². The van der Waals surface area contributed by atoms with E-state index >= 15 is 0 Å². The van der Waals surface area contributed by atoms with Gasteiger partial charge < -0.3 is 24.8 Å². The van der Waals surface area contributed by atoms with E-state index in [0.29, 0.717) is 55.4 Å². The highest BCUT2D eigenvalue weighted by Crippen LogP contribution is 2.25. The average Bonchev–Trinajstić information content (AvgIpc) is 3.23. The number of aromatic nitrogens is 1. The van der Waals surface area contributed by atoms with Gasteiger partial charge in [-0.05, 0) is 29.8 Å². The Labute approximate surface area is 209 Å². The highest BCUT2D eigenvalue weighted by molar-refractivity contribution is 6.08. The second-order valence-electron chi connectivity index (χ2n) is 8.74. The van der Waals surface area contributed by atoms with E-state index in [0.717, 1.165) is 11.3 Å². The summed E-state index contributed by atoms with van der Waals surface area (Å²) in [6.07, 6.45) is 1.57. The molecule has 2 aliphatic rings. The van der Waals surface area contributed by atoms with Crippen molar-refractivity contribution in [3.63, 3.8) is 0 Å². The molecule has 1 fully saturated rings. The summed E-state index contributed by atoms with van der Waals surface area (Å²) in [6, 6.07) is 18.3. The number of para-hydroxylation sites is 1. The summed E-state index contributed by atoms with van der Waals surface area (Å²) in [5.41, 5.74) is 3.59. The Morgan fingerprint density at radius 1 is 1.00 bits per heavy atom. The molecule has 0 unspecified atom stereocenters. The minimum Gasteiger partial charge on any atom is -0.481 e. The quantitative estimate of drug-likeness (QED) is 0.577. The Bertz CT molecular complexity index is 1300. The summed E-state index contributed by atoms with van der Waals surface area (Å²) in [6.45, 7) is 2.76. The molecule has 5 rings (SSSR count). The molecule has 2 aromatic carbocycles. The third kappa shape index (κ3) is 4.72. The first-order valence-electron chi connectivity index (χ1n) is 11.8. The van der Waals surface area contributed by atoms with Crippen LogP contribution in [0, 0.1) is 0 Å². The summed E-state index contributed by atoms with van der Waals surface area (Å²) >= 11 is 0. The SMILES string of the molecule is COc1cc(NC(=O)c2ccccc2N2CCN(C(=O)CN3Cc4ccccc4C3=O)CC2)ccn1. The lowest BCUT2D eigenvalue weighted by Gasteiger charge is -2.37. The number of piperazine rings is 1. The maximum Gasteiger partial charge on any atom is 0.257 e. The second-order valence-corrected chi connectivity index (χ2v) is 8.74. The zero-order valence-electron chi connectivity index (χ0n) is 20.0. The van der Waals surface area contributed by atoms with Crippen LogP contribution in [0.3, 0.4) is 0 Å². The Kier molecular flexibility index (Phi) is 6.53. The van der Waals surface area contributed by atoms with Crippen LogP contribution in [-0.4, -0.2) is 72.3 Å². The molecule has 3 aromatic rings. The van der Waals surface area contributed by atoms with Crippen molar-refractivity contribution in [2.45, 2.75) is 6.54 Å². The van der Waals surface area contributed by atoms with Crippen LogP contribution in [0.2, 0.25) is 0 Å². The third-order valence-electron chi connectivity index (χ3n) is 6.55. The maximum atomic E-state index is 13.1. The highest BCUT2D eigenvalue weighted by atomic mass is 16.5. The molecule has 1 N–H and O–H groups in total. The molecular formula is C27H27N5O4. The van der Waals surface area contributed by atoms with Gasteiger partial charge in [-0.25, -0.2) is 4.98 Å². The lowest BCUT2D eigenvalue weighted by molar-refractivity contribution is -0.132. The van der Waals surface area contributed by atoms with Crippen molar-refractivity contribution in [1.82, 2.24) is 14.8 Å². The van der Waals surface area contributed by atoms with Crippen molar-refractivity contribution >= 4 is 29.1 Å². The van der Waals surface area contributed by atoms with Gasteiger partial charge in [0.15, 0.2) is 0 Å². The van der Waals surface area contributed by atoms with Gasteiger partial charge in [0.25, 0.3) is 11.8 Å². The molecule has 0 saturated carbocycles. The molecule has 0 radical (unpaired) electrons. The molecule has 3 amide bonds. The number of carbonyl (C=O) groups is 3. The fraction of sp³-hybridized carbons (Fsp3) is 0.259. The van der Waals surface area contributed by atoms with E-state index < -0.39 is 0 Å². The Morgan fingerprint density at radius 2 is 1.75 bits per heavy atom. The minimum absolute atomic E-state index is 0.0616. The fourth-order valence-corrected chi connectivity index (χ4v) is 4.64. The Morgan fingerprint density at radius 3 is 2.53 bits per heavy atom. The maximum absolute atomic E-state index is 13.1. The van der Waals surface area contributed by atoms with Gasteiger partial charge in [0.1, 0.15) is 6.54 Å². The Balaban J connectivity index is 1.20. The average molecular weight is 486 g/mol. The normalized spacial score (nSPS) is 15.0. The number of methoxy groups -OCH3 is 1. The number of rotatable bonds is 6. The molecular weight excluding hydrogens is 458 g/mol. The number of nitrogens with zero attached hydrogens (tertiary/aromatic N) is 4. The molecule has 184 valence electrons. The van der Waals surface area contributed by atoms with E-state index in [4.69, 9.17) is 4.74 Å². The summed E-state index contributed by atoms with van der Waals surface area (Å²) in [7, 11) is 1.52. The van der Waals surface area contributed by atoms with Gasteiger partial charge in [0.05, 0.1) is 12.7 Å². The number of hydrogen-bond acceptors (Lipinski definition) is 6. The minimum atomic E-state index is -0.232. The van der Waals surface area contributed by atoms with Crippen LogP contribution in [0.15, 0.2) is 66.9 Å². The van der Waals surface area contributed by atoms with Gasteiger partial charge in [-0.1, -0.05) is 30.3 Å². The molecule has 1 aromatic heterocycles. The number of pyridine rings is 1. The van der Waals surface area contributed by atoms with Crippen molar-refractivity contribution in [2.75, 3.05) is 50.1 Å². The number of carbonyl (C=O) groups excluding carboxylic acids is 3. The number of benzene rings is 2. The van der Waals surface area contributed by atoms with Crippen LogP contribution < -0.4 is 15.0 Å². The topological polar surface area (TPSA) is 95.1 Å². The van der Waals surface area contributed by atoms with Gasteiger partial charge in [-0.15, -0.1) is 0 Å². The molecule has 9 nitrogen and oxygen atoms in total. The zero-order chi connectivity index (χ0) is 25.1. The number of fused-ring (bicyclic) bond motifs is 1. The summed E-state index contributed by atoms with van der Waals surface area (Å²) in [5, 5.41) is 2.90. The van der Waals surface area contributed by atoms with E-state index in [9.17, 15) is 14.4 Å². The van der Waals surface area contributed by atoms with E-state index in [1.54, 1.807) is 40.3 Å². The van der Waals surface area contributed by atoms with Gasteiger partial charge >= 0.3 is 0 Å². The zero-order valence-corrected chi connectivity index (χ0v) is 20.0. The number of ether oxygens (including phenoxy) is 1. The van der Waals surface area contributed by atoms with Crippen LogP contribution in [0.4, 0.5) is 11.4 Å². The molecule has 2 aliphatic heterocycles. The fourth-order valence-electron chi connectivity index (χ4n) is 4.64. The molecule has 0 atom stereocenters. The predicted octanol–water partition coefficient (Wildman–Crippen LogP) is 2.65. The van der Waals surface area contributed by atoms with Crippen LogP contribution >= 0.6 is 0 Å². The van der Waals surface area contributed by atoms with Gasteiger partial charge in [-0.2, -0.15) is 0 Å². The smallest absolute Gasteiger partial charge is 0.257 e. The first-order valence-corrected chi connectivity index (χ1v) is 11.8. The van der Waals surface area contributed by atoms with Crippen molar-refractivity contribution in [3.8, 4) is 5.88 Å². The standard InChI is InChI=1S/C27H27N5O4/c1-36-24-16-20(10-11-28-24)29-26(34)22-8-4-5-9-23(22)30-12-14-31(15-13-30)25(33)18-32-17-19-6-2-3-7-21(19)27(32)35/h2-11,16H,12-15,17-18H2,1H3,(H,28,29,34). The van der Waals surface area contributed by atoms with Crippen LogP contribution in [0.25, 0.3) is 0 Å². The molecule has 3 heterocycles. The van der Waals surface area contributed by atoms with Crippen molar-refractivity contribution in [2.24, 2.45) is 0 Å². The third-order valence-corrected chi connectivity index (χ3v) is 6.55. The molecule has 0 bridgehead atoms. The van der Waals surface area contributed by atoms with E-state index in [-0.39, 0.29) is 24.3 Å². The van der Waals surface area contributed by atoms with Gasteiger partial charge in [0.2, 0.25) is 11.8 Å². The highest BCUT2D eigenvalue weighted by Gasteiger charge is 2.31. The molecule has 0 aliphatic carbocycles. The van der Waals surface area contributed by atoms with E-state index in [2.05, 4.69) is 15.2 Å². The predicted molar refractivity (Wildman–Crippen MR) is 135 cm³/mol. The number of amides is 3. The first-order chi connectivity index (χ1) is 17.5. The number of anilines is 2. The summed E-state index contributed by atoms with van der Waals surface area (Å²) in [5.74, 6) is 0.0312. The van der Waals surface area contributed by atoms with Gasteiger partial charge in [0, 0.05) is 61.9 Å². The molecule has 36 heavy (non-hydrogen) atoms.